The molecule has 256 valence electrons. The molecule has 6 aromatic carbocycles. The molecule has 0 spiro atoms. The third kappa shape index (κ3) is 7.81. The fourth-order valence-electron chi connectivity index (χ4n) is 6.15. The number of alkyl halides is 2. The van der Waals surface area contributed by atoms with Crippen molar-refractivity contribution in [2.24, 2.45) is 0 Å². The Morgan fingerprint density at radius 3 is 1.73 bits per heavy atom. The molecule has 0 bridgehead atoms. The molecule has 4 nitrogen and oxygen atoms in total. The van der Waals surface area contributed by atoms with Crippen molar-refractivity contribution < 1.29 is 8.83 Å². The second kappa shape index (κ2) is 17.3. The van der Waals surface area contributed by atoms with Crippen molar-refractivity contribution in [1.29, 1.82) is 0 Å². The summed E-state index contributed by atoms with van der Waals surface area (Å²) in [6.45, 7) is 2.11. The second-order valence-corrected chi connectivity index (χ2v) is 13.1. The summed E-state index contributed by atoms with van der Waals surface area (Å²) in [6.07, 6.45) is 0. The Labute approximate surface area is 342 Å². The number of fused-ring (bicyclic) bond motifs is 10. The van der Waals surface area contributed by atoms with Crippen LogP contribution >= 0.6 is 79.4 Å². The van der Waals surface area contributed by atoms with Crippen LogP contribution in [0.15, 0.2) is 154 Å². The van der Waals surface area contributed by atoms with E-state index in [1.54, 1.807) is 0 Å². The van der Waals surface area contributed by atoms with Gasteiger partial charge in [0.25, 0.3) is 0 Å². The minimum Gasteiger partial charge on any atom is -0.440 e. The van der Waals surface area contributed by atoms with Crippen molar-refractivity contribution in [3.8, 4) is 5.69 Å². The van der Waals surface area contributed by atoms with Crippen molar-refractivity contribution >= 4 is 145 Å². The Hall–Kier alpha value is -3.52. The minimum atomic E-state index is 0.797. The maximum Gasteiger partial charge on any atom is 0.213 e. The lowest BCUT2D eigenvalue weighted by molar-refractivity contribution is 0.645. The van der Waals surface area contributed by atoms with Gasteiger partial charge in [-0.3, -0.25) is 4.57 Å². The fraction of sp³-hybridized carbons (Fsp3) is 0.0698. The first-order valence-electron chi connectivity index (χ1n) is 16.1. The SMILES string of the molecule is CI.CI.Cc1ccc(-n2c3ccccc3c3c4ccccc4oc32)cc1.Clc1ccc(I)cc1.c1ccc2c(c1)[nH]c1oc3ccccc3c12. The van der Waals surface area contributed by atoms with E-state index in [1.807, 2.05) is 70.5 Å². The highest BCUT2D eigenvalue weighted by atomic mass is 127. The van der Waals surface area contributed by atoms with Crippen molar-refractivity contribution in [2.45, 2.75) is 6.92 Å². The van der Waals surface area contributed by atoms with E-state index in [0.29, 0.717) is 0 Å². The van der Waals surface area contributed by atoms with E-state index in [2.05, 4.69) is 169 Å². The number of furan rings is 2. The number of halogens is 4. The molecule has 0 atom stereocenters. The average molecular weight is 1030 g/mol. The van der Waals surface area contributed by atoms with Crippen LogP contribution in [-0.4, -0.2) is 19.4 Å². The number of nitrogens with one attached hydrogen (secondary N) is 1. The number of aromatic nitrogens is 2. The van der Waals surface area contributed by atoms with Crippen LogP contribution in [0.25, 0.3) is 71.6 Å². The van der Waals surface area contributed by atoms with E-state index in [4.69, 9.17) is 20.4 Å². The van der Waals surface area contributed by atoms with Gasteiger partial charge < -0.3 is 13.8 Å². The van der Waals surface area contributed by atoms with E-state index >= 15 is 0 Å². The number of H-pyrrole nitrogens is 1. The minimum absolute atomic E-state index is 0.797. The number of aromatic amines is 1. The van der Waals surface area contributed by atoms with E-state index in [-0.39, 0.29) is 0 Å². The largest absolute Gasteiger partial charge is 0.440 e. The lowest BCUT2D eigenvalue weighted by atomic mass is 10.1. The summed E-state index contributed by atoms with van der Waals surface area (Å²) in [4.78, 5) is 7.24. The number of aryl methyl sites for hydroxylation is 1. The first-order valence-corrected chi connectivity index (χ1v) is 21.8. The van der Waals surface area contributed by atoms with Crippen LogP contribution in [-0.2, 0) is 0 Å². The molecule has 51 heavy (non-hydrogen) atoms. The highest BCUT2D eigenvalue weighted by Crippen LogP contribution is 2.39. The lowest BCUT2D eigenvalue weighted by Gasteiger charge is -2.06. The Balaban J connectivity index is 0.000000139. The molecule has 0 unspecified atom stereocenters. The zero-order chi connectivity index (χ0) is 35.9. The number of nitrogens with zero attached hydrogens (tertiary/aromatic N) is 1. The average Bonchev–Trinajstić information content (AvgIpc) is 3.93. The van der Waals surface area contributed by atoms with Gasteiger partial charge in [0.1, 0.15) is 11.2 Å². The van der Waals surface area contributed by atoms with Crippen molar-refractivity contribution in [3.63, 3.8) is 0 Å². The molecular formula is C43H34ClI3N2O2. The number of hydrogen-bond donors (Lipinski definition) is 1. The molecule has 0 saturated carbocycles. The van der Waals surface area contributed by atoms with Crippen molar-refractivity contribution in [2.75, 3.05) is 9.86 Å². The fourth-order valence-corrected chi connectivity index (χ4v) is 6.64. The summed E-state index contributed by atoms with van der Waals surface area (Å²) in [5.41, 5.74) is 8.34. The number of benzene rings is 6. The van der Waals surface area contributed by atoms with E-state index < -0.39 is 0 Å². The predicted octanol–water partition coefficient (Wildman–Crippen LogP) is 15.0. The molecule has 1 N–H and O–H groups in total. The first kappa shape index (κ1) is 37.2. The molecule has 10 aromatic rings. The van der Waals surface area contributed by atoms with E-state index in [9.17, 15) is 0 Å². The maximum absolute atomic E-state index is 6.22. The molecule has 0 aliphatic rings. The van der Waals surface area contributed by atoms with Crippen molar-refractivity contribution in [3.05, 3.63) is 160 Å². The molecule has 0 fully saturated rings. The zero-order valence-corrected chi connectivity index (χ0v) is 35.4. The Kier molecular flexibility index (Phi) is 12.7. The highest BCUT2D eigenvalue weighted by molar-refractivity contribution is 14.1. The molecule has 4 heterocycles. The van der Waals surface area contributed by atoms with Crippen LogP contribution in [0, 0.1) is 10.5 Å². The van der Waals surface area contributed by atoms with Crippen LogP contribution in [0.5, 0.6) is 0 Å². The first-order chi connectivity index (χ1) is 25.0. The monoisotopic (exact) mass is 1030 g/mol. The molecule has 4 aromatic heterocycles. The third-order valence-corrected chi connectivity index (χ3v) is 9.30. The second-order valence-electron chi connectivity index (χ2n) is 11.4. The molecule has 0 aliphatic heterocycles. The van der Waals surface area contributed by atoms with Crippen molar-refractivity contribution in [1.82, 2.24) is 9.55 Å². The van der Waals surface area contributed by atoms with Crippen LogP contribution in [0.2, 0.25) is 5.02 Å². The van der Waals surface area contributed by atoms with Crippen LogP contribution in [0.3, 0.4) is 0 Å². The van der Waals surface area contributed by atoms with Crippen LogP contribution in [0.4, 0.5) is 0 Å². The molecule has 10 rings (SSSR count). The Bertz CT molecular complexity index is 2580. The molecular weight excluding hydrogens is 993 g/mol. The van der Waals surface area contributed by atoms with Gasteiger partial charge in [-0.15, -0.1) is 0 Å². The van der Waals surface area contributed by atoms with Gasteiger partial charge >= 0.3 is 0 Å². The van der Waals surface area contributed by atoms with E-state index in [1.165, 1.54) is 47.0 Å². The predicted molar refractivity (Wildman–Crippen MR) is 245 cm³/mol. The summed E-state index contributed by atoms with van der Waals surface area (Å²) in [5, 5.41) is 7.98. The van der Waals surface area contributed by atoms with Gasteiger partial charge in [-0.2, -0.15) is 0 Å². The van der Waals surface area contributed by atoms with Gasteiger partial charge in [-0.25, -0.2) is 0 Å². The smallest absolute Gasteiger partial charge is 0.213 e. The van der Waals surface area contributed by atoms with Gasteiger partial charge in [0.2, 0.25) is 11.4 Å². The maximum atomic E-state index is 6.22. The quantitative estimate of drug-likeness (QED) is 0.132. The van der Waals surface area contributed by atoms with Gasteiger partial charge in [-0.05, 0) is 100 Å². The molecule has 0 amide bonds. The summed E-state index contributed by atoms with van der Waals surface area (Å²) >= 11 is 12.1. The Morgan fingerprint density at radius 2 is 1.08 bits per heavy atom. The van der Waals surface area contributed by atoms with Gasteiger partial charge in [0.15, 0.2) is 0 Å². The van der Waals surface area contributed by atoms with Gasteiger partial charge in [0, 0.05) is 41.3 Å². The zero-order valence-electron chi connectivity index (χ0n) is 28.1. The number of hydrogen-bond acceptors (Lipinski definition) is 2. The normalized spacial score (nSPS) is 10.6. The Morgan fingerprint density at radius 1 is 0.549 bits per heavy atom. The summed E-state index contributed by atoms with van der Waals surface area (Å²) in [6, 6.07) is 49.4. The van der Waals surface area contributed by atoms with Crippen LogP contribution < -0.4 is 0 Å². The number of rotatable bonds is 1. The molecule has 8 heteroatoms. The molecule has 0 saturated heterocycles. The van der Waals surface area contributed by atoms with Crippen LogP contribution in [0.1, 0.15) is 5.56 Å². The highest BCUT2D eigenvalue weighted by Gasteiger charge is 2.18. The number of para-hydroxylation sites is 4. The standard InChI is InChI=1S/C21H15NO.C14H9NO.C6H4ClI.2CH3I/c1-14-10-12-15(13-11-14)22-18-8-4-2-6-16(18)20-17-7-3-5-9-19(17)23-21(20)22;1-3-7-11-9(5-1)13-10-6-2-4-8-12(10)16-14(13)15-11;7-5-1-3-6(8)4-2-5;2*1-2/h2-13H,1H3;1-8,15H;1-4H;2*1H3. The molecule has 0 radical (unpaired) electrons. The topological polar surface area (TPSA) is 47.0 Å². The third-order valence-electron chi connectivity index (χ3n) is 8.33. The van der Waals surface area contributed by atoms with Gasteiger partial charge in [-0.1, -0.05) is 147 Å². The lowest BCUT2D eigenvalue weighted by Crippen LogP contribution is -1.92. The summed E-state index contributed by atoms with van der Waals surface area (Å²) < 4.78 is 15.4. The summed E-state index contributed by atoms with van der Waals surface area (Å²) in [5.74, 6) is 0. The van der Waals surface area contributed by atoms with E-state index in [0.717, 1.165) is 38.8 Å². The van der Waals surface area contributed by atoms with Gasteiger partial charge in [0.05, 0.1) is 16.3 Å². The molecule has 0 aliphatic carbocycles. The summed E-state index contributed by atoms with van der Waals surface area (Å²) in [7, 11) is 0.